The highest BCUT2D eigenvalue weighted by molar-refractivity contribution is 7.92. The van der Waals surface area contributed by atoms with Gasteiger partial charge in [-0.1, -0.05) is 30.3 Å². The predicted octanol–water partition coefficient (Wildman–Crippen LogP) is 5.14. The molecule has 4 rings (SSSR count). The first-order chi connectivity index (χ1) is 15.8. The van der Waals surface area contributed by atoms with E-state index in [1.54, 1.807) is 6.07 Å². The number of hydrogen-bond acceptors (Lipinski definition) is 3. The van der Waals surface area contributed by atoms with Crippen molar-refractivity contribution in [2.45, 2.75) is 26.3 Å². The number of amides is 1. The third kappa shape index (κ3) is 4.71. The highest BCUT2D eigenvalue weighted by Gasteiger charge is 2.20. The number of hydrogen-bond donors (Lipinski definition) is 1. The Balaban J connectivity index is 1.46. The van der Waals surface area contributed by atoms with Crippen LogP contribution in [0.5, 0.6) is 0 Å². The van der Waals surface area contributed by atoms with Crippen molar-refractivity contribution in [2.24, 2.45) is 0 Å². The van der Waals surface area contributed by atoms with E-state index >= 15 is 0 Å². The van der Waals surface area contributed by atoms with Crippen LogP contribution in [-0.2, 0) is 21.4 Å². The number of nitrogens with zero attached hydrogens (tertiary/aromatic N) is 2. The molecular weight excluding hydrogens is 441 g/mol. The van der Waals surface area contributed by atoms with Crippen LogP contribution >= 0.6 is 0 Å². The van der Waals surface area contributed by atoms with Gasteiger partial charge in [0.15, 0.2) is 0 Å². The van der Waals surface area contributed by atoms with Crippen molar-refractivity contribution < 1.29 is 17.6 Å². The SMILES string of the molecule is CCn1c2ccccc2c2cc(NC(=O)CCCN(c3ccccc3F)S(C)(=O)=O)ccc21. The molecule has 0 aliphatic rings. The fraction of sp³-hybridized carbons (Fsp3) is 0.240. The second kappa shape index (κ2) is 9.23. The molecule has 172 valence electrons. The molecule has 0 fully saturated rings. The summed E-state index contributed by atoms with van der Waals surface area (Å²) in [6, 6.07) is 19.7. The monoisotopic (exact) mass is 467 g/mol. The van der Waals surface area contributed by atoms with Gasteiger partial charge in [-0.05, 0) is 49.7 Å². The van der Waals surface area contributed by atoms with Crippen molar-refractivity contribution in [2.75, 3.05) is 22.4 Å². The molecule has 0 radical (unpaired) electrons. The molecule has 0 saturated carbocycles. The maximum absolute atomic E-state index is 14.1. The smallest absolute Gasteiger partial charge is 0.232 e. The Bertz CT molecular complexity index is 1430. The molecule has 33 heavy (non-hydrogen) atoms. The predicted molar refractivity (Wildman–Crippen MR) is 132 cm³/mol. The molecule has 1 heterocycles. The van der Waals surface area contributed by atoms with Crippen molar-refractivity contribution in [3.05, 3.63) is 72.5 Å². The molecule has 0 unspecified atom stereocenters. The number of benzene rings is 3. The Morgan fingerprint density at radius 3 is 2.42 bits per heavy atom. The van der Waals surface area contributed by atoms with E-state index in [9.17, 15) is 17.6 Å². The van der Waals surface area contributed by atoms with Gasteiger partial charge in [0.25, 0.3) is 0 Å². The van der Waals surface area contributed by atoms with Gasteiger partial charge in [-0.3, -0.25) is 9.10 Å². The van der Waals surface area contributed by atoms with Gasteiger partial charge >= 0.3 is 0 Å². The summed E-state index contributed by atoms with van der Waals surface area (Å²) < 4.78 is 41.7. The molecule has 0 saturated heterocycles. The van der Waals surface area contributed by atoms with E-state index in [4.69, 9.17) is 0 Å². The molecule has 1 N–H and O–H groups in total. The molecule has 0 aliphatic heterocycles. The number of aromatic nitrogens is 1. The van der Waals surface area contributed by atoms with Crippen molar-refractivity contribution in [1.82, 2.24) is 4.57 Å². The molecule has 0 aliphatic carbocycles. The molecule has 0 bridgehead atoms. The molecule has 1 aromatic heterocycles. The van der Waals surface area contributed by atoms with Crippen molar-refractivity contribution in [3.63, 3.8) is 0 Å². The lowest BCUT2D eigenvalue weighted by molar-refractivity contribution is -0.116. The number of aryl methyl sites for hydroxylation is 1. The third-order valence-electron chi connectivity index (χ3n) is 5.66. The fourth-order valence-corrected chi connectivity index (χ4v) is 5.16. The molecule has 8 heteroatoms. The van der Waals surface area contributed by atoms with Gasteiger partial charge < -0.3 is 9.88 Å². The minimum absolute atomic E-state index is 0.0101. The van der Waals surface area contributed by atoms with Crippen LogP contribution in [0.15, 0.2) is 66.7 Å². The number of fused-ring (bicyclic) bond motifs is 3. The Kier molecular flexibility index (Phi) is 6.37. The van der Waals surface area contributed by atoms with E-state index in [-0.39, 0.29) is 31.0 Å². The maximum Gasteiger partial charge on any atom is 0.232 e. The van der Waals surface area contributed by atoms with E-state index in [1.165, 1.54) is 18.2 Å². The molecule has 3 aromatic carbocycles. The zero-order valence-electron chi connectivity index (χ0n) is 18.6. The Hall–Kier alpha value is -3.39. The van der Waals surface area contributed by atoms with E-state index < -0.39 is 15.8 Å². The van der Waals surface area contributed by atoms with Crippen LogP contribution in [0, 0.1) is 5.82 Å². The lowest BCUT2D eigenvalue weighted by Crippen LogP contribution is -2.32. The first-order valence-electron chi connectivity index (χ1n) is 10.8. The topological polar surface area (TPSA) is 71.4 Å². The summed E-state index contributed by atoms with van der Waals surface area (Å²) in [6.45, 7) is 2.95. The number of sulfonamides is 1. The van der Waals surface area contributed by atoms with Crippen molar-refractivity contribution in [1.29, 1.82) is 0 Å². The summed E-state index contributed by atoms with van der Waals surface area (Å²) in [7, 11) is -3.68. The minimum Gasteiger partial charge on any atom is -0.341 e. The lowest BCUT2D eigenvalue weighted by atomic mass is 10.1. The van der Waals surface area contributed by atoms with Gasteiger partial charge in [0.1, 0.15) is 5.82 Å². The quantitative estimate of drug-likeness (QED) is 0.390. The highest BCUT2D eigenvalue weighted by Crippen LogP contribution is 2.31. The van der Waals surface area contributed by atoms with Crippen molar-refractivity contribution in [3.8, 4) is 0 Å². The Morgan fingerprint density at radius 2 is 1.70 bits per heavy atom. The Labute approximate surface area is 192 Å². The Morgan fingerprint density at radius 1 is 1.00 bits per heavy atom. The molecule has 1 amide bonds. The standard InChI is InChI=1S/C25H26FN3O3S/c1-3-28-22-11-6-4-9-19(22)20-17-18(14-15-23(20)28)27-25(30)13-8-16-29(33(2,31)32)24-12-7-5-10-21(24)26/h4-7,9-12,14-15,17H,3,8,13,16H2,1-2H3,(H,27,30). The number of carbonyl (C=O) groups excluding carboxylic acids is 1. The van der Waals surface area contributed by atoms with Gasteiger partial charge in [0.05, 0.1) is 11.9 Å². The molecule has 0 atom stereocenters. The number of para-hydroxylation sites is 2. The number of carbonyl (C=O) groups is 1. The lowest BCUT2D eigenvalue weighted by Gasteiger charge is -2.22. The minimum atomic E-state index is -3.68. The summed E-state index contributed by atoms with van der Waals surface area (Å²) in [4.78, 5) is 12.5. The first-order valence-corrected chi connectivity index (χ1v) is 12.7. The van der Waals surface area contributed by atoms with Gasteiger partial charge in [0.2, 0.25) is 15.9 Å². The van der Waals surface area contributed by atoms with E-state index in [0.29, 0.717) is 5.69 Å². The molecule has 4 aromatic rings. The van der Waals surface area contributed by atoms with Gasteiger partial charge in [-0.25, -0.2) is 12.8 Å². The van der Waals surface area contributed by atoms with E-state index in [2.05, 4.69) is 28.9 Å². The zero-order chi connectivity index (χ0) is 23.6. The van der Waals surface area contributed by atoms with Crippen LogP contribution in [0.25, 0.3) is 21.8 Å². The number of nitrogens with one attached hydrogen (secondary N) is 1. The van der Waals surface area contributed by atoms with Crippen LogP contribution in [0.1, 0.15) is 19.8 Å². The average molecular weight is 468 g/mol. The van der Waals surface area contributed by atoms with Crippen LogP contribution in [0.4, 0.5) is 15.8 Å². The summed E-state index contributed by atoms with van der Waals surface area (Å²) in [5.41, 5.74) is 2.91. The summed E-state index contributed by atoms with van der Waals surface area (Å²) >= 11 is 0. The number of halogens is 1. The van der Waals surface area contributed by atoms with E-state index in [0.717, 1.165) is 38.9 Å². The average Bonchev–Trinajstić information content (AvgIpc) is 3.10. The summed E-state index contributed by atoms with van der Waals surface area (Å²) in [5.74, 6) is -0.845. The van der Waals surface area contributed by atoms with Crippen LogP contribution in [0.3, 0.4) is 0 Å². The van der Waals surface area contributed by atoms with Gasteiger partial charge in [-0.15, -0.1) is 0 Å². The van der Waals surface area contributed by atoms with Gasteiger partial charge in [0, 0.05) is 47.0 Å². The maximum atomic E-state index is 14.1. The molecule has 0 spiro atoms. The second-order valence-electron chi connectivity index (χ2n) is 7.93. The van der Waals surface area contributed by atoms with E-state index in [1.807, 2.05) is 30.3 Å². The van der Waals surface area contributed by atoms with Crippen molar-refractivity contribution >= 4 is 49.1 Å². The third-order valence-corrected chi connectivity index (χ3v) is 6.84. The first kappa shape index (κ1) is 22.8. The fourth-order valence-electron chi connectivity index (χ4n) is 4.20. The second-order valence-corrected chi connectivity index (χ2v) is 9.84. The summed E-state index contributed by atoms with van der Waals surface area (Å²) in [5, 5.41) is 5.09. The largest absolute Gasteiger partial charge is 0.341 e. The van der Waals surface area contributed by atoms with Crippen LogP contribution in [-0.4, -0.2) is 31.7 Å². The number of rotatable bonds is 8. The van der Waals surface area contributed by atoms with Crippen LogP contribution in [0.2, 0.25) is 0 Å². The zero-order valence-corrected chi connectivity index (χ0v) is 19.4. The van der Waals surface area contributed by atoms with Gasteiger partial charge in [-0.2, -0.15) is 0 Å². The van der Waals surface area contributed by atoms with Crippen LogP contribution < -0.4 is 9.62 Å². The summed E-state index contributed by atoms with van der Waals surface area (Å²) in [6.07, 6.45) is 1.39. The normalized spacial score (nSPS) is 11.7. The number of anilines is 2. The molecular formula is C25H26FN3O3S. The molecule has 6 nitrogen and oxygen atoms in total. The highest BCUT2D eigenvalue weighted by atomic mass is 32.2.